The SMILES string of the molecule is CN(C)c1ncc(-c2ccc(F)cc2)c(C2CCCN(C(=O)CCCl)C2)n1. The molecule has 0 bridgehead atoms. The zero-order chi connectivity index (χ0) is 19.4. The third-order valence-electron chi connectivity index (χ3n) is 4.83. The molecule has 7 heteroatoms. The van der Waals surface area contributed by atoms with Crippen molar-refractivity contribution in [3.63, 3.8) is 0 Å². The van der Waals surface area contributed by atoms with Gasteiger partial charge in [0.2, 0.25) is 11.9 Å². The van der Waals surface area contributed by atoms with E-state index in [1.54, 1.807) is 18.3 Å². The lowest BCUT2D eigenvalue weighted by Crippen LogP contribution is -2.39. The number of amides is 1. The van der Waals surface area contributed by atoms with Crippen LogP contribution in [-0.2, 0) is 4.79 Å². The Hall–Kier alpha value is -2.21. The monoisotopic (exact) mass is 390 g/mol. The molecule has 144 valence electrons. The van der Waals surface area contributed by atoms with Gasteiger partial charge in [-0.15, -0.1) is 11.6 Å². The van der Waals surface area contributed by atoms with Gasteiger partial charge in [0, 0.05) is 57.2 Å². The molecule has 0 spiro atoms. The smallest absolute Gasteiger partial charge is 0.225 e. The van der Waals surface area contributed by atoms with E-state index in [4.69, 9.17) is 16.6 Å². The van der Waals surface area contributed by atoms with E-state index in [0.717, 1.165) is 36.2 Å². The van der Waals surface area contributed by atoms with E-state index in [1.165, 1.54) is 12.1 Å². The van der Waals surface area contributed by atoms with Crippen molar-refractivity contribution in [2.75, 3.05) is 38.0 Å². The van der Waals surface area contributed by atoms with E-state index in [0.29, 0.717) is 24.8 Å². The van der Waals surface area contributed by atoms with E-state index < -0.39 is 0 Å². The molecule has 3 rings (SSSR count). The summed E-state index contributed by atoms with van der Waals surface area (Å²) in [6, 6.07) is 6.37. The Morgan fingerprint density at radius 1 is 1.33 bits per heavy atom. The normalized spacial score (nSPS) is 17.0. The molecular weight excluding hydrogens is 367 g/mol. The number of carbonyl (C=O) groups excluding carboxylic acids is 1. The number of carbonyl (C=O) groups is 1. The molecular formula is C20H24ClFN4O. The van der Waals surface area contributed by atoms with Crippen molar-refractivity contribution in [3.05, 3.63) is 42.0 Å². The van der Waals surface area contributed by atoms with Crippen LogP contribution in [0.25, 0.3) is 11.1 Å². The highest BCUT2D eigenvalue weighted by atomic mass is 35.5. The summed E-state index contributed by atoms with van der Waals surface area (Å²) in [7, 11) is 3.79. The van der Waals surface area contributed by atoms with Crippen LogP contribution in [0, 0.1) is 5.82 Å². The maximum atomic E-state index is 13.3. The number of piperidine rings is 1. The minimum atomic E-state index is -0.276. The maximum absolute atomic E-state index is 13.3. The molecule has 1 aromatic heterocycles. The molecule has 0 radical (unpaired) electrons. The molecule has 2 aromatic rings. The van der Waals surface area contributed by atoms with Crippen LogP contribution < -0.4 is 4.90 Å². The summed E-state index contributed by atoms with van der Waals surface area (Å²) < 4.78 is 13.3. The van der Waals surface area contributed by atoms with Gasteiger partial charge in [-0.3, -0.25) is 4.79 Å². The highest BCUT2D eigenvalue weighted by Gasteiger charge is 2.28. The molecule has 5 nitrogen and oxygen atoms in total. The number of likely N-dealkylation sites (tertiary alicyclic amines) is 1. The number of hydrogen-bond acceptors (Lipinski definition) is 4. The van der Waals surface area contributed by atoms with Crippen LogP contribution in [0.3, 0.4) is 0 Å². The fourth-order valence-electron chi connectivity index (χ4n) is 3.43. The molecule has 1 aliphatic heterocycles. The molecule has 1 aliphatic rings. The standard InChI is InChI=1S/C20H24ClFN4O/c1-25(2)20-23-12-17(14-5-7-16(22)8-6-14)19(24-20)15-4-3-11-26(13-15)18(27)9-10-21/h5-8,12,15H,3-4,9-11,13H2,1-2H3. The van der Waals surface area contributed by atoms with Crippen molar-refractivity contribution in [2.24, 2.45) is 0 Å². The average Bonchev–Trinajstić information content (AvgIpc) is 2.68. The Morgan fingerprint density at radius 2 is 2.07 bits per heavy atom. The molecule has 0 saturated carbocycles. The quantitative estimate of drug-likeness (QED) is 0.731. The lowest BCUT2D eigenvalue weighted by atomic mass is 9.90. The number of halogens is 2. The minimum absolute atomic E-state index is 0.0833. The number of aromatic nitrogens is 2. The molecule has 0 N–H and O–H groups in total. The van der Waals surface area contributed by atoms with Gasteiger partial charge in [-0.25, -0.2) is 14.4 Å². The Kier molecular flexibility index (Phi) is 6.26. The second-order valence-electron chi connectivity index (χ2n) is 6.99. The van der Waals surface area contributed by atoms with E-state index >= 15 is 0 Å². The summed E-state index contributed by atoms with van der Waals surface area (Å²) in [6.45, 7) is 1.37. The van der Waals surface area contributed by atoms with Gasteiger partial charge in [0.25, 0.3) is 0 Å². The topological polar surface area (TPSA) is 49.3 Å². The average molecular weight is 391 g/mol. The van der Waals surface area contributed by atoms with Crippen molar-refractivity contribution in [3.8, 4) is 11.1 Å². The van der Waals surface area contributed by atoms with Gasteiger partial charge in [-0.1, -0.05) is 12.1 Å². The van der Waals surface area contributed by atoms with E-state index in [1.807, 2.05) is 23.9 Å². The van der Waals surface area contributed by atoms with Gasteiger partial charge in [-0.05, 0) is 30.5 Å². The van der Waals surface area contributed by atoms with Gasteiger partial charge in [0.15, 0.2) is 0 Å². The van der Waals surface area contributed by atoms with Gasteiger partial charge in [-0.2, -0.15) is 0 Å². The van der Waals surface area contributed by atoms with Crippen LogP contribution >= 0.6 is 11.6 Å². The second-order valence-corrected chi connectivity index (χ2v) is 7.37. The van der Waals surface area contributed by atoms with Gasteiger partial charge in [0.05, 0.1) is 5.69 Å². The van der Waals surface area contributed by atoms with Gasteiger partial charge < -0.3 is 9.80 Å². The molecule has 1 atom stereocenters. The van der Waals surface area contributed by atoms with Crippen LogP contribution in [0.5, 0.6) is 0 Å². The predicted molar refractivity (Wildman–Crippen MR) is 106 cm³/mol. The zero-order valence-corrected chi connectivity index (χ0v) is 16.4. The molecule has 1 aromatic carbocycles. The first kappa shape index (κ1) is 19.5. The van der Waals surface area contributed by atoms with Gasteiger partial charge in [0.1, 0.15) is 5.82 Å². The highest BCUT2D eigenvalue weighted by Crippen LogP contribution is 2.34. The summed E-state index contributed by atoms with van der Waals surface area (Å²) in [5, 5.41) is 0. The third-order valence-corrected chi connectivity index (χ3v) is 5.02. The fourth-order valence-corrected chi connectivity index (χ4v) is 3.59. The second kappa shape index (κ2) is 8.65. The van der Waals surface area contributed by atoms with Crippen LogP contribution in [0.15, 0.2) is 30.5 Å². The summed E-state index contributed by atoms with van der Waals surface area (Å²) in [4.78, 5) is 25.3. The lowest BCUT2D eigenvalue weighted by Gasteiger charge is -2.33. The number of hydrogen-bond donors (Lipinski definition) is 0. The van der Waals surface area contributed by atoms with Crippen LogP contribution in [-0.4, -0.2) is 53.8 Å². The Bertz CT molecular complexity index is 797. The number of rotatable bonds is 5. The summed E-state index contributed by atoms with van der Waals surface area (Å²) >= 11 is 5.74. The van der Waals surface area contributed by atoms with Crippen molar-refractivity contribution >= 4 is 23.5 Å². The highest BCUT2D eigenvalue weighted by molar-refractivity contribution is 6.18. The molecule has 1 unspecified atom stereocenters. The van der Waals surface area contributed by atoms with Crippen molar-refractivity contribution < 1.29 is 9.18 Å². The molecule has 1 amide bonds. The van der Waals surface area contributed by atoms with Crippen LogP contribution in [0.1, 0.15) is 30.9 Å². The Balaban J connectivity index is 1.97. The summed E-state index contributed by atoms with van der Waals surface area (Å²) in [5.41, 5.74) is 2.67. The largest absolute Gasteiger partial charge is 0.347 e. The number of nitrogens with zero attached hydrogens (tertiary/aromatic N) is 4. The zero-order valence-electron chi connectivity index (χ0n) is 15.7. The van der Waals surface area contributed by atoms with E-state index in [2.05, 4.69) is 4.98 Å². The Morgan fingerprint density at radius 3 is 2.74 bits per heavy atom. The maximum Gasteiger partial charge on any atom is 0.225 e. The van der Waals surface area contributed by atoms with E-state index in [-0.39, 0.29) is 17.6 Å². The van der Waals surface area contributed by atoms with E-state index in [9.17, 15) is 9.18 Å². The van der Waals surface area contributed by atoms with Crippen molar-refractivity contribution in [1.82, 2.24) is 14.9 Å². The molecule has 1 saturated heterocycles. The van der Waals surface area contributed by atoms with Gasteiger partial charge >= 0.3 is 0 Å². The summed E-state index contributed by atoms with van der Waals surface area (Å²) in [5.74, 6) is 0.875. The van der Waals surface area contributed by atoms with Crippen LogP contribution in [0.2, 0.25) is 0 Å². The number of anilines is 1. The lowest BCUT2D eigenvalue weighted by molar-refractivity contribution is -0.131. The Labute approximate surface area is 164 Å². The first-order chi connectivity index (χ1) is 13.0. The predicted octanol–water partition coefficient (Wildman–Crippen LogP) is 3.68. The molecule has 27 heavy (non-hydrogen) atoms. The molecule has 1 fully saturated rings. The third kappa shape index (κ3) is 4.56. The number of benzene rings is 1. The molecule has 2 heterocycles. The minimum Gasteiger partial charge on any atom is -0.347 e. The first-order valence-corrected chi connectivity index (χ1v) is 9.67. The fraction of sp³-hybridized carbons (Fsp3) is 0.450. The summed E-state index contributed by atoms with van der Waals surface area (Å²) in [6.07, 6.45) is 4.02. The van der Waals surface area contributed by atoms with Crippen LogP contribution in [0.4, 0.5) is 10.3 Å². The van der Waals surface area contributed by atoms with Crippen molar-refractivity contribution in [2.45, 2.75) is 25.2 Å². The molecule has 0 aliphatic carbocycles. The number of alkyl halides is 1. The first-order valence-electron chi connectivity index (χ1n) is 9.13. The van der Waals surface area contributed by atoms with Crippen molar-refractivity contribution in [1.29, 1.82) is 0 Å².